The highest BCUT2D eigenvalue weighted by atomic mass is 19.1. The van der Waals surface area contributed by atoms with Crippen molar-refractivity contribution in [2.45, 2.75) is 6.10 Å². The molecular weight excluding hydrogens is 247 g/mol. The second kappa shape index (κ2) is 4.85. The van der Waals surface area contributed by atoms with E-state index in [2.05, 4.69) is 10.3 Å². The summed E-state index contributed by atoms with van der Waals surface area (Å²) in [5, 5.41) is 3.07. The molecule has 1 N–H and O–H groups in total. The molecule has 19 heavy (non-hydrogen) atoms. The molecule has 3 rings (SSSR count). The minimum atomic E-state index is -0.452. The smallest absolute Gasteiger partial charge is 0.258 e. The van der Waals surface area contributed by atoms with E-state index in [1.165, 1.54) is 6.07 Å². The fraction of sp³-hybridized carbons (Fsp3) is 0.214. The van der Waals surface area contributed by atoms with E-state index >= 15 is 0 Å². The van der Waals surface area contributed by atoms with Gasteiger partial charge in [-0.25, -0.2) is 9.37 Å². The van der Waals surface area contributed by atoms with Gasteiger partial charge in [-0.3, -0.25) is 0 Å². The Balaban J connectivity index is 2.09. The zero-order valence-electron chi connectivity index (χ0n) is 10.4. The van der Waals surface area contributed by atoms with E-state index in [4.69, 9.17) is 9.47 Å². The number of hydrogen-bond acceptors (Lipinski definition) is 4. The summed E-state index contributed by atoms with van der Waals surface area (Å²) >= 11 is 0. The Hall–Kier alpha value is -2.14. The minimum absolute atomic E-state index is 0.222. The van der Waals surface area contributed by atoms with Crippen LogP contribution in [0.4, 0.5) is 4.39 Å². The first kappa shape index (κ1) is 11.9. The lowest BCUT2D eigenvalue weighted by Crippen LogP contribution is -2.21. The predicted molar refractivity (Wildman–Crippen MR) is 68.0 cm³/mol. The number of pyridine rings is 1. The molecule has 2 heterocycles. The number of likely N-dealkylation sites (N-methyl/N-ethyl adjacent to an activating group) is 1. The molecule has 0 fully saturated rings. The maximum Gasteiger partial charge on any atom is 0.258 e. The van der Waals surface area contributed by atoms with Gasteiger partial charge in [-0.1, -0.05) is 18.2 Å². The summed E-state index contributed by atoms with van der Waals surface area (Å²) in [4.78, 5) is 3.94. The van der Waals surface area contributed by atoms with E-state index < -0.39 is 5.82 Å². The largest absolute Gasteiger partial charge is 0.465 e. The third-order valence-corrected chi connectivity index (χ3v) is 2.91. The van der Waals surface area contributed by atoms with Crippen LogP contribution in [0, 0.1) is 5.82 Å². The molecule has 98 valence electrons. The molecule has 0 bridgehead atoms. The fourth-order valence-corrected chi connectivity index (χ4v) is 2.06. The second-order valence-electron chi connectivity index (χ2n) is 4.26. The zero-order valence-corrected chi connectivity index (χ0v) is 10.4. The highest BCUT2D eigenvalue weighted by molar-refractivity contribution is 5.45. The lowest BCUT2D eigenvalue weighted by atomic mass is 10.1. The van der Waals surface area contributed by atoms with Crippen LogP contribution in [0.25, 0.3) is 0 Å². The molecule has 4 nitrogen and oxygen atoms in total. The van der Waals surface area contributed by atoms with Crippen molar-refractivity contribution in [2.24, 2.45) is 0 Å². The molecule has 1 aromatic carbocycles. The Kier molecular flexibility index (Phi) is 3.05. The summed E-state index contributed by atoms with van der Waals surface area (Å²) in [5.41, 5.74) is 0.912. The standard InChI is InChI=1S/C14H13FN2O2/c1-16-8-13-10-4-2-3-5-11(10)18-12-6-9(15)7-17-14(12)19-13/h2-7,13,16H,8H2,1H3. The van der Waals surface area contributed by atoms with Crippen molar-refractivity contribution >= 4 is 0 Å². The highest BCUT2D eigenvalue weighted by Gasteiger charge is 2.25. The van der Waals surface area contributed by atoms with Gasteiger partial charge in [-0.2, -0.15) is 0 Å². The summed E-state index contributed by atoms with van der Waals surface area (Å²) in [6, 6.07) is 8.83. The van der Waals surface area contributed by atoms with Crippen molar-refractivity contribution in [3.63, 3.8) is 0 Å². The molecule has 1 aliphatic heterocycles. The van der Waals surface area contributed by atoms with E-state index in [0.717, 1.165) is 11.8 Å². The van der Waals surface area contributed by atoms with Crippen LogP contribution in [0.1, 0.15) is 11.7 Å². The van der Waals surface area contributed by atoms with Crippen LogP contribution in [0.15, 0.2) is 36.5 Å². The van der Waals surface area contributed by atoms with E-state index in [9.17, 15) is 4.39 Å². The normalized spacial score (nSPS) is 16.6. The Morgan fingerprint density at radius 3 is 3.00 bits per heavy atom. The van der Waals surface area contributed by atoms with Crippen LogP contribution in [-0.2, 0) is 0 Å². The number of aromatic nitrogens is 1. The SMILES string of the molecule is CNCC1Oc2ncc(F)cc2Oc2ccccc21. The van der Waals surface area contributed by atoms with Gasteiger partial charge in [0.05, 0.1) is 6.20 Å². The number of fused-ring (bicyclic) bond motifs is 2. The van der Waals surface area contributed by atoms with Crippen molar-refractivity contribution < 1.29 is 13.9 Å². The monoisotopic (exact) mass is 260 g/mol. The van der Waals surface area contributed by atoms with Crippen molar-refractivity contribution in [2.75, 3.05) is 13.6 Å². The lowest BCUT2D eigenvalue weighted by molar-refractivity contribution is 0.198. The number of benzene rings is 1. The summed E-state index contributed by atoms with van der Waals surface area (Å²) in [7, 11) is 1.84. The molecule has 0 aliphatic carbocycles. The van der Waals surface area contributed by atoms with E-state index in [1.54, 1.807) is 0 Å². The van der Waals surface area contributed by atoms with Gasteiger partial charge in [-0.05, 0) is 13.1 Å². The molecular formula is C14H13FN2O2. The van der Waals surface area contributed by atoms with Crippen LogP contribution >= 0.6 is 0 Å². The fourth-order valence-electron chi connectivity index (χ4n) is 2.06. The van der Waals surface area contributed by atoms with Crippen molar-refractivity contribution in [1.29, 1.82) is 0 Å². The van der Waals surface area contributed by atoms with Gasteiger partial charge >= 0.3 is 0 Å². The number of ether oxygens (including phenoxy) is 2. The first-order chi connectivity index (χ1) is 9.28. The third-order valence-electron chi connectivity index (χ3n) is 2.91. The quantitative estimate of drug-likeness (QED) is 0.901. The van der Waals surface area contributed by atoms with Crippen LogP contribution < -0.4 is 14.8 Å². The highest BCUT2D eigenvalue weighted by Crippen LogP contribution is 2.40. The van der Waals surface area contributed by atoms with Crippen molar-refractivity contribution in [3.05, 3.63) is 47.9 Å². The van der Waals surface area contributed by atoms with Crippen LogP contribution in [-0.4, -0.2) is 18.6 Å². The number of rotatable bonds is 2. The Morgan fingerprint density at radius 1 is 1.32 bits per heavy atom. The van der Waals surface area contributed by atoms with E-state index in [0.29, 0.717) is 23.9 Å². The van der Waals surface area contributed by atoms with Crippen LogP contribution in [0.2, 0.25) is 0 Å². The Bertz CT molecular complexity index is 604. The molecule has 0 spiro atoms. The predicted octanol–water partition coefficient (Wildman–Crippen LogP) is 2.67. The first-order valence-corrected chi connectivity index (χ1v) is 6.01. The molecule has 0 radical (unpaired) electrons. The summed E-state index contributed by atoms with van der Waals surface area (Å²) in [5.74, 6) is 0.810. The Morgan fingerprint density at radius 2 is 2.16 bits per heavy atom. The number of hydrogen-bond donors (Lipinski definition) is 1. The molecule has 1 unspecified atom stereocenters. The summed E-state index contributed by atoms with van der Waals surface area (Å²) in [6.45, 7) is 0.610. The molecule has 1 atom stereocenters. The van der Waals surface area contributed by atoms with Gasteiger partial charge < -0.3 is 14.8 Å². The first-order valence-electron chi connectivity index (χ1n) is 6.01. The molecule has 1 aliphatic rings. The average Bonchev–Trinajstić information content (AvgIpc) is 2.56. The van der Waals surface area contributed by atoms with Gasteiger partial charge in [0.1, 0.15) is 17.7 Å². The van der Waals surface area contributed by atoms with Gasteiger partial charge in [0, 0.05) is 18.2 Å². The maximum absolute atomic E-state index is 13.2. The Labute approximate surface area is 110 Å². The van der Waals surface area contributed by atoms with Crippen LogP contribution in [0.3, 0.4) is 0 Å². The maximum atomic E-state index is 13.2. The van der Waals surface area contributed by atoms with Crippen molar-refractivity contribution in [1.82, 2.24) is 10.3 Å². The molecule has 5 heteroatoms. The molecule has 1 aromatic heterocycles. The van der Waals surface area contributed by atoms with Gasteiger partial charge in [0.2, 0.25) is 0 Å². The average molecular weight is 260 g/mol. The summed E-state index contributed by atoms with van der Waals surface area (Å²) < 4.78 is 24.8. The van der Waals surface area contributed by atoms with Gasteiger partial charge in [0.15, 0.2) is 5.75 Å². The molecule has 0 amide bonds. The molecule has 0 saturated carbocycles. The van der Waals surface area contributed by atoms with E-state index in [1.807, 2.05) is 31.3 Å². The third kappa shape index (κ3) is 2.24. The zero-order chi connectivity index (χ0) is 13.2. The van der Waals surface area contributed by atoms with Crippen molar-refractivity contribution in [3.8, 4) is 17.4 Å². The van der Waals surface area contributed by atoms with Gasteiger partial charge in [-0.15, -0.1) is 0 Å². The number of para-hydroxylation sites is 1. The van der Waals surface area contributed by atoms with E-state index in [-0.39, 0.29) is 6.10 Å². The second-order valence-corrected chi connectivity index (χ2v) is 4.26. The topological polar surface area (TPSA) is 43.4 Å². The lowest BCUT2D eigenvalue weighted by Gasteiger charge is -2.16. The number of nitrogens with one attached hydrogen (secondary N) is 1. The minimum Gasteiger partial charge on any atom is -0.465 e. The molecule has 0 saturated heterocycles. The number of nitrogens with zero attached hydrogens (tertiary/aromatic N) is 1. The molecule has 2 aromatic rings. The van der Waals surface area contributed by atoms with Crippen LogP contribution in [0.5, 0.6) is 17.4 Å². The summed E-state index contributed by atoms with van der Waals surface area (Å²) in [6.07, 6.45) is 0.898. The number of halogens is 1. The van der Waals surface area contributed by atoms with Gasteiger partial charge in [0.25, 0.3) is 5.88 Å².